The van der Waals surface area contributed by atoms with Gasteiger partial charge in [0.15, 0.2) is 18.9 Å². The molecule has 18 heteroatoms. The van der Waals surface area contributed by atoms with Gasteiger partial charge in [-0.2, -0.15) is 0 Å². The Bertz CT molecular complexity index is 928. The summed E-state index contributed by atoms with van der Waals surface area (Å²) in [6.07, 6.45) is -18.7. The van der Waals surface area contributed by atoms with Crippen molar-refractivity contribution in [2.24, 2.45) is 0 Å². The molecular weight excluding hydrogens is 584 g/mol. The topological polar surface area (TPSA) is 275 Å². The van der Waals surface area contributed by atoms with Crippen LogP contribution in [0.25, 0.3) is 0 Å². The highest BCUT2D eigenvalue weighted by atomic mass is 16.7. The van der Waals surface area contributed by atoms with E-state index in [0.29, 0.717) is 0 Å². The highest BCUT2D eigenvalue weighted by Crippen LogP contribution is 2.31. The molecule has 10 N–H and O–H groups in total. The van der Waals surface area contributed by atoms with E-state index >= 15 is 0 Å². The van der Waals surface area contributed by atoms with E-state index in [4.69, 9.17) is 28.4 Å². The Morgan fingerprint density at radius 2 is 1.21 bits per heavy atom. The lowest BCUT2D eigenvalue weighted by molar-refractivity contribution is -0.348. The van der Waals surface area contributed by atoms with Crippen LogP contribution in [0.15, 0.2) is 12.7 Å². The van der Waals surface area contributed by atoms with E-state index in [0.717, 1.165) is 6.92 Å². The Kier molecular flexibility index (Phi) is 13.2. The van der Waals surface area contributed by atoms with Crippen LogP contribution < -0.4 is 10.6 Å². The van der Waals surface area contributed by atoms with Gasteiger partial charge in [0.05, 0.1) is 26.4 Å². The zero-order valence-electron chi connectivity index (χ0n) is 23.6. The number of carbonyl (C=O) groups is 2. The van der Waals surface area contributed by atoms with Crippen LogP contribution in [-0.2, 0) is 38.0 Å². The van der Waals surface area contributed by atoms with Gasteiger partial charge in [-0.3, -0.25) is 9.59 Å². The number of aliphatic hydroxyl groups is 8. The van der Waals surface area contributed by atoms with Gasteiger partial charge in [0.2, 0.25) is 11.8 Å². The third kappa shape index (κ3) is 8.44. The molecule has 3 rings (SSSR count). The van der Waals surface area contributed by atoms with E-state index in [1.807, 2.05) is 0 Å². The average Bonchev–Trinajstić information content (AvgIpc) is 2.96. The van der Waals surface area contributed by atoms with E-state index < -0.39 is 124 Å². The molecule has 248 valence electrons. The van der Waals surface area contributed by atoms with E-state index in [9.17, 15) is 50.4 Å². The van der Waals surface area contributed by atoms with Gasteiger partial charge in [0, 0.05) is 13.8 Å². The molecule has 3 aliphatic rings. The number of hydrogen-bond acceptors (Lipinski definition) is 16. The fourth-order valence-electron chi connectivity index (χ4n) is 5.05. The van der Waals surface area contributed by atoms with Crippen LogP contribution in [0.2, 0.25) is 0 Å². The van der Waals surface area contributed by atoms with Crippen molar-refractivity contribution in [3.63, 3.8) is 0 Å². The number of carbonyl (C=O) groups excluding carboxylic acids is 2. The summed E-state index contributed by atoms with van der Waals surface area (Å²) in [5.74, 6) is -1.17. The Labute approximate surface area is 246 Å². The summed E-state index contributed by atoms with van der Waals surface area (Å²) in [4.78, 5) is 23.8. The monoisotopic (exact) mass is 626 g/mol. The number of ether oxygens (including phenoxy) is 6. The summed E-state index contributed by atoms with van der Waals surface area (Å²) in [6, 6.07) is -2.54. The minimum absolute atomic E-state index is 0.0875. The molecule has 18 nitrogen and oxygen atoms in total. The number of amides is 2. The van der Waals surface area contributed by atoms with Crippen LogP contribution in [0, 0.1) is 0 Å². The first-order valence-electron chi connectivity index (χ1n) is 13.6. The first kappa shape index (κ1) is 35.6. The smallest absolute Gasteiger partial charge is 0.217 e. The number of nitrogens with one attached hydrogen (secondary N) is 2. The fraction of sp³-hybridized carbons (Fsp3) is 0.840. The second kappa shape index (κ2) is 15.9. The molecule has 0 bridgehead atoms. The molecule has 3 heterocycles. The van der Waals surface area contributed by atoms with Gasteiger partial charge in [-0.25, -0.2) is 0 Å². The van der Waals surface area contributed by atoms with Crippen molar-refractivity contribution in [1.29, 1.82) is 0 Å². The van der Waals surface area contributed by atoms with Crippen molar-refractivity contribution in [1.82, 2.24) is 10.6 Å². The molecule has 0 spiro atoms. The van der Waals surface area contributed by atoms with E-state index in [1.165, 1.54) is 13.0 Å². The normalized spacial score (nSPS) is 43.5. The predicted octanol–water partition coefficient (Wildman–Crippen LogP) is -6.08. The van der Waals surface area contributed by atoms with Crippen LogP contribution in [-0.4, -0.2) is 171 Å². The molecule has 0 saturated carbocycles. The molecule has 3 fully saturated rings. The lowest BCUT2D eigenvalue weighted by Crippen LogP contribution is -2.68. The van der Waals surface area contributed by atoms with Gasteiger partial charge in [-0.05, 0) is 0 Å². The third-order valence-electron chi connectivity index (χ3n) is 7.24. The van der Waals surface area contributed by atoms with Crippen molar-refractivity contribution in [3.8, 4) is 0 Å². The average molecular weight is 627 g/mol. The first-order valence-corrected chi connectivity index (χ1v) is 13.6. The Morgan fingerprint density at radius 1 is 0.698 bits per heavy atom. The summed E-state index contributed by atoms with van der Waals surface area (Å²) in [5, 5.41) is 87.0. The van der Waals surface area contributed by atoms with Gasteiger partial charge >= 0.3 is 0 Å². The van der Waals surface area contributed by atoms with Crippen LogP contribution in [0.1, 0.15) is 13.8 Å². The highest BCUT2D eigenvalue weighted by molar-refractivity contribution is 5.73. The molecular formula is C25H42N2O16. The molecule has 15 atom stereocenters. The summed E-state index contributed by atoms with van der Waals surface area (Å²) in [7, 11) is 0. The largest absolute Gasteiger partial charge is 0.394 e. The molecule has 0 aromatic carbocycles. The van der Waals surface area contributed by atoms with Crippen LogP contribution in [0.4, 0.5) is 0 Å². The maximum Gasteiger partial charge on any atom is 0.217 e. The van der Waals surface area contributed by atoms with E-state index in [1.54, 1.807) is 0 Å². The van der Waals surface area contributed by atoms with Crippen LogP contribution in [0.3, 0.4) is 0 Å². The van der Waals surface area contributed by atoms with Crippen molar-refractivity contribution >= 4 is 11.8 Å². The summed E-state index contributed by atoms with van der Waals surface area (Å²) >= 11 is 0. The number of aliphatic hydroxyl groups excluding tert-OH is 8. The number of rotatable bonds is 12. The van der Waals surface area contributed by atoms with Crippen molar-refractivity contribution in [2.75, 3.05) is 26.4 Å². The molecule has 43 heavy (non-hydrogen) atoms. The van der Waals surface area contributed by atoms with Crippen molar-refractivity contribution in [2.45, 2.75) is 106 Å². The zero-order chi connectivity index (χ0) is 32.0. The van der Waals surface area contributed by atoms with Gasteiger partial charge in [0.25, 0.3) is 0 Å². The van der Waals surface area contributed by atoms with Gasteiger partial charge in [0.1, 0.15) is 73.1 Å². The minimum Gasteiger partial charge on any atom is -0.394 e. The maximum absolute atomic E-state index is 12.1. The van der Waals surface area contributed by atoms with Gasteiger partial charge < -0.3 is 79.9 Å². The Balaban J connectivity index is 1.87. The predicted molar refractivity (Wildman–Crippen MR) is 138 cm³/mol. The second-order valence-electron chi connectivity index (χ2n) is 10.4. The molecule has 2 amide bonds. The Morgan fingerprint density at radius 3 is 1.77 bits per heavy atom. The zero-order valence-corrected chi connectivity index (χ0v) is 23.6. The van der Waals surface area contributed by atoms with Gasteiger partial charge in [-0.15, -0.1) is 6.58 Å². The summed E-state index contributed by atoms with van der Waals surface area (Å²) in [6.45, 7) is 3.84. The van der Waals surface area contributed by atoms with E-state index in [-0.39, 0.29) is 6.61 Å². The fourth-order valence-corrected chi connectivity index (χ4v) is 5.05. The van der Waals surface area contributed by atoms with E-state index in [2.05, 4.69) is 17.2 Å². The molecule has 3 aliphatic heterocycles. The molecule has 0 aromatic heterocycles. The SMILES string of the molecule is C=CCO[C@H]1O[C@H](CO[C@@H]2O[C@H](CO)[C@H](O)[C@H](O)[C@H]2NC(C)=O)[C@H](O)[C@H](O[C@@H]2O[C@H](CO)[C@H](O)[C@H](O)[C@H]2O)[C@H]1NC(C)=O. The third-order valence-corrected chi connectivity index (χ3v) is 7.24. The molecule has 0 aromatic rings. The lowest BCUT2D eigenvalue weighted by Gasteiger charge is -2.48. The summed E-state index contributed by atoms with van der Waals surface area (Å²) in [5.41, 5.74) is 0. The van der Waals surface area contributed by atoms with Gasteiger partial charge in [-0.1, -0.05) is 6.08 Å². The minimum atomic E-state index is -1.84. The quantitative estimate of drug-likeness (QED) is 0.0903. The maximum atomic E-state index is 12.1. The molecule has 0 aliphatic carbocycles. The standard InChI is InChI=1S/C25H42N2O16/c1-4-5-38-24-15(27-10(3)31)22(43-25-21(37)20(36)17(33)12(7-29)41-25)18(34)13(42-24)8-39-23-14(26-9(2)30)19(35)16(32)11(6-28)40-23/h4,11-25,28-29,32-37H,1,5-8H2,2-3H3,(H,26,30)(H,27,31)/t11-,12-,13-,14-,15-,16+,17+,18+,19-,20+,21-,22-,23-,24+,25+/m1/s1. The van der Waals surface area contributed by atoms with Crippen LogP contribution >= 0.6 is 0 Å². The lowest BCUT2D eigenvalue weighted by atomic mass is 9.95. The first-order chi connectivity index (χ1) is 20.3. The molecule has 3 saturated heterocycles. The highest BCUT2D eigenvalue weighted by Gasteiger charge is 2.52. The Hall–Kier alpha value is -1.88. The summed E-state index contributed by atoms with van der Waals surface area (Å²) < 4.78 is 34.1. The van der Waals surface area contributed by atoms with Crippen molar-refractivity contribution < 1.29 is 78.9 Å². The van der Waals surface area contributed by atoms with Crippen LogP contribution in [0.5, 0.6) is 0 Å². The molecule has 0 radical (unpaired) electrons. The molecule has 0 unspecified atom stereocenters. The second-order valence-corrected chi connectivity index (χ2v) is 10.4. The van der Waals surface area contributed by atoms with Crippen molar-refractivity contribution in [3.05, 3.63) is 12.7 Å². The number of hydrogen-bond donors (Lipinski definition) is 10.